The molecule has 0 spiro atoms. The van der Waals surface area contributed by atoms with Gasteiger partial charge in [0.1, 0.15) is 0 Å². The molecule has 1 fully saturated rings. The van der Waals surface area contributed by atoms with Gasteiger partial charge < -0.3 is 10.5 Å². The number of hydrogen-bond acceptors (Lipinski definition) is 3. The molecule has 3 heteroatoms. The lowest BCUT2D eigenvalue weighted by Crippen LogP contribution is -2.32. The third-order valence-corrected chi connectivity index (χ3v) is 3.38. The first kappa shape index (κ1) is 11.1. The van der Waals surface area contributed by atoms with E-state index in [0.717, 1.165) is 18.4 Å². The number of ether oxygens (including phenoxy) is 1. The van der Waals surface area contributed by atoms with Crippen LogP contribution in [0, 0.1) is 0 Å². The Morgan fingerprint density at radius 1 is 1.25 bits per heavy atom. The third kappa shape index (κ3) is 1.95. The van der Waals surface area contributed by atoms with Crippen LogP contribution in [-0.2, 0) is 10.3 Å². The second-order valence-electron chi connectivity index (χ2n) is 4.43. The highest BCUT2D eigenvalue weighted by Gasteiger charge is 2.30. The molecule has 0 aliphatic heterocycles. The summed E-state index contributed by atoms with van der Waals surface area (Å²) in [4.78, 5) is 11.3. The third-order valence-electron chi connectivity index (χ3n) is 3.38. The Bertz CT molecular complexity index is 377. The molecule has 0 atom stereocenters. The van der Waals surface area contributed by atoms with Crippen molar-refractivity contribution < 1.29 is 9.53 Å². The topological polar surface area (TPSA) is 52.3 Å². The SMILES string of the molecule is COC(=O)c1ccc(C2(N)CCCC2)cc1. The maximum absolute atomic E-state index is 11.3. The molecule has 3 nitrogen and oxygen atoms in total. The van der Waals surface area contributed by atoms with Gasteiger partial charge in [0.25, 0.3) is 0 Å². The average Bonchev–Trinajstić information content (AvgIpc) is 2.77. The molecule has 0 radical (unpaired) electrons. The number of nitrogens with two attached hydrogens (primary N) is 1. The first-order valence-electron chi connectivity index (χ1n) is 5.63. The number of rotatable bonds is 2. The molecular weight excluding hydrogens is 202 g/mol. The van der Waals surface area contributed by atoms with Crippen molar-refractivity contribution in [1.82, 2.24) is 0 Å². The molecule has 16 heavy (non-hydrogen) atoms. The number of methoxy groups -OCH3 is 1. The van der Waals surface area contributed by atoms with Crippen molar-refractivity contribution in [2.75, 3.05) is 7.11 Å². The summed E-state index contributed by atoms with van der Waals surface area (Å²) in [6.45, 7) is 0. The van der Waals surface area contributed by atoms with Crippen molar-refractivity contribution in [2.45, 2.75) is 31.2 Å². The molecule has 86 valence electrons. The summed E-state index contributed by atoms with van der Waals surface area (Å²) in [6, 6.07) is 7.46. The van der Waals surface area contributed by atoms with Gasteiger partial charge in [-0.15, -0.1) is 0 Å². The van der Waals surface area contributed by atoms with Crippen molar-refractivity contribution in [3.63, 3.8) is 0 Å². The van der Waals surface area contributed by atoms with E-state index in [-0.39, 0.29) is 11.5 Å². The van der Waals surface area contributed by atoms with Crippen molar-refractivity contribution in [3.05, 3.63) is 35.4 Å². The van der Waals surface area contributed by atoms with Gasteiger partial charge in [-0.25, -0.2) is 4.79 Å². The normalized spacial score (nSPS) is 18.4. The number of benzene rings is 1. The molecular formula is C13H17NO2. The van der Waals surface area contributed by atoms with E-state index >= 15 is 0 Å². The zero-order valence-corrected chi connectivity index (χ0v) is 9.53. The maximum Gasteiger partial charge on any atom is 0.337 e. The molecule has 0 amide bonds. The van der Waals surface area contributed by atoms with E-state index in [4.69, 9.17) is 5.73 Å². The zero-order valence-electron chi connectivity index (χ0n) is 9.53. The molecule has 2 rings (SSSR count). The maximum atomic E-state index is 11.3. The fourth-order valence-corrected chi connectivity index (χ4v) is 2.35. The van der Waals surface area contributed by atoms with Crippen LogP contribution < -0.4 is 5.73 Å². The molecule has 0 heterocycles. The molecule has 0 unspecified atom stereocenters. The summed E-state index contributed by atoms with van der Waals surface area (Å²) >= 11 is 0. The summed E-state index contributed by atoms with van der Waals surface area (Å²) in [6.07, 6.45) is 4.44. The van der Waals surface area contributed by atoms with E-state index in [2.05, 4.69) is 4.74 Å². The highest BCUT2D eigenvalue weighted by atomic mass is 16.5. The van der Waals surface area contributed by atoms with Crippen LogP contribution >= 0.6 is 0 Å². The predicted molar refractivity (Wildman–Crippen MR) is 62.1 cm³/mol. The first-order chi connectivity index (χ1) is 7.65. The zero-order chi connectivity index (χ0) is 11.6. The largest absolute Gasteiger partial charge is 0.465 e. The Morgan fingerprint density at radius 3 is 2.31 bits per heavy atom. The lowest BCUT2D eigenvalue weighted by atomic mass is 9.89. The van der Waals surface area contributed by atoms with Crippen LogP contribution in [0.25, 0.3) is 0 Å². The van der Waals surface area contributed by atoms with E-state index in [1.807, 2.05) is 12.1 Å². The van der Waals surface area contributed by atoms with Gasteiger partial charge in [0.05, 0.1) is 12.7 Å². The Morgan fingerprint density at radius 2 is 1.81 bits per heavy atom. The highest BCUT2D eigenvalue weighted by molar-refractivity contribution is 5.89. The second kappa shape index (κ2) is 4.26. The summed E-state index contributed by atoms with van der Waals surface area (Å²) in [5.74, 6) is -0.302. The smallest absolute Gasteiger partial charge is 0.337 e. The highest BCUT2D eigenvalue weighted by Crippen LogP contribution is 2.36. The van der Waals surface area contributed by atoms with Gasteiger partial charge in [0, 0.05) is 5.54 Å². The Labute approximate surface area is 95.6 Å². The predicted octanol–water partition coefficient (Wildman–Crippen LogP) is 2.20. The van der Waals surface area contributed by atoms with Crippen molar-refractivity contribution in [1.29, 1.82) is 0 Å². The van der Waals surface area contributed by atoms with Crippen LogP contribution in [0.5, 0.6) is 0 Å². The number of carbonyl (C=O) groups is 1. The molecule has 0 aromatic heterocycles. The summed E-state index contributed by atoms with van der Waals surface area (Å²) < 4.78 is 4.66. The number of hydrogen-bond donors (Lipinski definition) is 1. The van der Waals surface area contributed by atoms with E-state index in [0.29, 0.717) is 5.56 Å². The Hall–Kier alpha value is -1.35. The quantitative estimate of drug-likeness (QED) is 0.776. The number of carbonyl (C=O) groups excluding carboxylic acids is 1. The van der Waals surface area contributed by atoms with Crippen LogP contribution in [-0.4, -0.2) is 13.1 Å². The molecule has 1 aromatic rings. The monoisotopic (exact) mass is 219 g/mol. The van der Waals surface area contributed by atoms with E-state index in [1.54, 1.807) is 12.1 Å². The fraction of sp³-hybridized carbons (Fsp3) is 0.462. The van der Waals surface area contributed by atoms with E-state index in [9.17, 15) is 4.79 Å². The lowest BCUT2D eigenvalue weighted by molar-refractivity contribution is 0.0600. The van der Waals surface area contributed by atoms with E-state index in [1.165, 1.54) is 20.0 Å². The lowest BCUT2D eigenvalue weighted by Gasteiger charge is -2.24. The fourth-order valence-electron chi connectivity index (χ4n) is 2.35. The van der Waals surface area contributed by atoms with Gasteiger partial charge in [-0.1, -0.05) is 25.0 Å². The van der Waals surface area contributed by atoms with Gasteiger partial charge in [-0.3, -0.25) is 0 Å². The molecule has 0 saturated heterocycles. The second-order valence-corrected chi connectivity index (χ2v) is 4.43. The molecule has 1 saturated carbocycles. The molecule has 1 aliphatic carbocycles. The molecule has 1 aliphatic rings. The molecule has 2 N–H and O–H groups in total. The van der Waals surface area contributed by atoms with Crippen molar-refractivity contribution >= 4 is 5.97 Å². The van der Waals surface area contributed by atoms with Crippen LogP contribution in [0.2, 0.25) is 0 Å². The van der Waals surface area contributed by atoms with Crippen molar-refractivity contribution in [2.24, 2.45) is 5.73 Å². The van der Waals surface area contributed by atoms with E-state index < -0.39 is 0 Å². The summed E-state index contributed by atoms with van der Waals surface area (Å²) in [5, 5.41) is 0. The summed E-state index contributed by atoms with van der Waals surface area (Å²) in [7, 11) is 1.39. The summed E-state index contributed by atoms with van der Waals surface area (Å²) in [5.41, 5.74) is 7.84. The minimum atomic E-state index is -0.302. The van der Waals surface area contributed by atoms with Crippen LogP contribution in [0.3, 0.4) is 0 Å². The van der Waals surface area contributed by atoms with Crippen LogP contribution in [0.15, 0.2) is 24.3 Å². The minimum Gasteiger partial charge on any atom is -0.465 e. The Kier molecular flexibility index (Phi) is 2.97. The van der Waals surface area contributed by atoms with Gasteiger partial charge in [0.2, 0.25) is 0 Å². The molecule has 0 bridgehead atoms. The average molecular weight is 219 g/mol. The number of esters is 1. The molecule has 1 aromatic carbocycles. The van der Waals surface area contributed by atoms with Gasteiger partial charge in [0.15, 0.2) is 0 Å². The van der Waals surface area contributed by atoms with Crippen LogP contribution in [0.1, 0.15) is 41.6 Å². The van der Waals surface area contributed by atoms with Crippen LogP contribution in [0.4, 0.5) is 0 Å². The standard InChI is InChI=1S/C13H17NO2/c1-16-12(15)10-4-6-11(7-5-10)13(14)8-2-3-9-13/h4-7H,2-3,8-9,14H2,1H3. The van der Waals surface area contributed by atoms with Gasteiger partial charge in [-0.2, -0.15) is 0 Å². The van der Waals surface area contributed by atoms with Crippen molar-refractivity contribution in [3.8, 4) is 0 Å². The Balaban J connectivity index is 2.22. The van der Waals surface area contributed by atoms with Gasteiger partial charge in [-0.05, 0) is 30.5 Å². The first-order valence-corrected chi connectivity index (χ1v) is 5.63. The minimum absolute atomic E-state index is 0.186. The van der Waals surface area contributed by atoms with Gasteiger partial charge >= 0.3 is 5.97 Å².